The molecule has 0 aromatic heterocycles. The molecule has 0 amide bonds. The summed E-state index contributed by atoms with van der Waals surface area (Å²) in [6, 6.07) is 4.25. The maximum atomic E-state index is 12.1. The van der Waals surface area contributed by atoms with Crippen LogP contribution in [0.3, 0.4) is 0 Å². The first-order valence-electron chi connectivity index (χ1n) is 5.15. The molecule has 90 valence electrons. The Labute approximate surface area is 93.3 Å². The Hall–Kier alpha value is -1.32. The number of benzene rings is 1. The van der Waals surface area contributed by atoms with Crippen molar-refractivity contribution in [2.75, 3.05) is 0 Å². The summed E-state index contributed by atoms with van der Waals surface area (Å²) in [7, 11) is 0. The smallest absolute Gasteiger partial charge is 0.294 e. The lowest BCUT2D eigenvalue weighted by atomic mass is 10.1. The van der Waals surface area contributed by atoms with E-state index in [0.29, 0.717) is 12.0 Å². The first kappa shape index (κ1) is 14.7. The van der Waals surface area contributed by atoms with Crippen molar-refractivity contribution in [2.24, 2.45) is 0 Å². The van der Waals surface area contributed by atoms with E-state index < -0.39 is 11.7 Å². The van der Waals surface area contributed by atoms with E-state index in [1.165, 1.54) is 12.1 Å². The molecule has 0 heterocycles. The fraction of sp³-hybridized carbons (Fsp3) is 0.417. The van der Waals surface area contributed by atoms with Crippen LogP contribution in [0.25, 0.3) is 0 Å². The topological polar surface area (TPSA) is 17.1 Å². The van der Waals surface area contributed by atoms with Crippen molar-refractivity contribution >= 4 is 5.78 Å². The lowest BCUT2D eigenvalue weighted by Gasteiger charge is -2.06. The normalized spacial score (nSPS) is 10.4. The van der Waals surface area contributed by atoms with Gasteiger partial charge in [0.2, 0.25) is 0 Å². The second-order valence-corrected chi connectivity index (χ2v) is 2.85. The molecule has 1 rings (SSSR count). The number of hydrogen-bond donors (Lipinski definition) is 0. The van der Waals surface area contributed by atoms with Gasteiger partial charge in [0.1, 0.15) is 0 Å². The highest BCUT2D eigenvalue weighted by atomic mass is 19.4. The maximum absolute atomic E-state index is 12.1. The van der Waals surface area contributed by atoms with Crippen molar-refractivity contribution in [2.45, 2.75) is 33.4 Å². The van der Waals surface area contributed by atoms with Crippen molar-refractivity contribution in [1.29, 1.82) is 0 Å². The minimum absolute atomic E-state index is 0.154. The van der Waals surface area contributed by atoms with E-state index in [2.05, 4.69) is 0 Å². The van der Waals surface area contributed by atoms with Gasteiger partial charge in [-0.25, -0.2) is 0 Å². The van der Waals surface area contributed by atoms with Crippen molar-refractivity contribution in [3.63, 3.8) is 0 Å². The number of alkyl halides is 3. The molecule has 1 aromatic rings. The van der Waals surface area contributed by atoms with Gasteiger partial charge in [0.25, 0.3) is 0 Å². The van der Waals surface area contributed by atoms with E-state index in [1.807, 2.05) is 13.8 Å². The number of ketones is 1. The lowest BCUT2D eigenvalue weighted by Crippen LogP contribution is -2.05. The number of hydrogen-bond acceptors (Lipinski definition) is 1. The number of halogens is 3. The van der Waals surface area contributed by atoms with Gasteiger partial charge in [0.15, 0.2) is 5.78 Å². The van der Waals surface area contributed by atoms with Crippen LogP contribution >= 0.6 is 0 Å². The monoisotopic (exact) mass is 232 g/mol. The van der Waals surface area contributed by atoms with Crippen LogP contribution in [0.15, 0.2) is 24.3 Å². The highest BCUT2D eigenvalue weighted by Crippen LogP contribution is 2.29. The fourth-order valence-electron chi connectivity index (χ4n) is 1.05. The minimum atomic E-state index is -4.34. The fourth-order valence-corrected chi connectivity index (χ4v) is 1.05. The molecular formula is C12H15F3O. The number of carbonyl (C=O) groups is 1. The summed E-state index contributed by atoms with van der Waals surface area (Å²) >= 11 is 0. The Morgan fingerprint density at radius 3 is 1.88 bits per heavy atom. The number of carbonyl (C=O) groups excluding carboxylic acids is 1. The van der Waals surface area contributed by atoms with E-state index in [1.54, 1.807) is 6.92 Å². The summed E-state index contributed by atoms with van der Waals surface area (Å²) in [4.78, 5) is 11.1. The molecule has 0 atom stereocenters. The van der Waals surface area contributed by atoms with E-state index in [9.17, 15) is 18.0 Å². The molecule has 0 aliphatic carbocycles. The Kier molecular flexibility index (Phi) is 5.78. The Balaban J connectivity index is 0.00000106. The summed E-state index contributed by atoms with van der Waals surface area (Å²) in [5, 5.41) is 0. The van der Waals surface area contributed by atoms with Gasteiger partial charge in [0, 0.05) is 12.0 Å². The third-order valence-electron chi connectivity index (χ3n) is 1.86. The van der Waals surface area contributed by atoms with E-state index in [-0.39, 0.29) is 5.78 Å². The predicted molar refractivity (Wildman–Crippen MR) is 57.4 cm³/mol. The van der Waals surface area contributed by atoms with Gasteiger partial charge in [-0.05, 0) is 12.1 Å². The van der Waals surface area contributed by atoms with Crippen LogP contribution in [0.5, 0.6) is 0 Å². The largest absolute Gasteiger partial charge is 0.416 e. The third kappa shape index (κ3) is 4.04. The molecule has 16 heavy (non-hydrogen) atoms. The molecule has 0 saturated carbocycles. The van der Waals surface area contributed by atoms with Crippen LogP contribution in [-0.2, 0) is 6.18 Å². The van der Waals surface area contributed by atoms with Crippen molar-refractivity contribution in [3.05, 3.63) is 35.4 Å². The van der Waals surface area contributed by atoms with Gasteiger partial charge in [-0.1, -0.05) is 32.9 Å². The molecule has 0 saturated heterocycles. The van der Waals surface area contributed by atoms with E-state index in [4.69, 9.17) is 0 Å². The van der Waals surface area contributed by atoms with Gasteiger partial charge in [-0.2, -0.15) is 13.2 Å². The molecule has 0 spiro atoms. The van der Waals surface area contributed by atoms with Crippen molar-refractivity contribution in [3.8, 4) is 0 Å². The summed E-state index contributed by atoms with van der Waals surface area (Å²) in [6.45, 7) is 5.67. The van der Waals surface area contributed by atoms with Crippen LogP contribution in [0.2, 0.25) is 0 Å². The lowest BCUT2D eigenvalue weighted by molar-refractivity contribution is -0.137. The van der Waals surface area contributed by atoms with Gasteiger partial charge in [0.05, 0.1) is 5.56 Å². The highest BCUT2D eigenvalue weighted by Gasteiger charge is 2.30. The predicted octanol–water partition coefficient (Wildman–Crippen LogP) is 4.32. The van der Waals surface area contributed by atoms with Crippen LogP contribution < -0.4 is 0 Å². The van der Waals surface area contributed by atoms with Gasteiger partial charge < -0.3 is 0 Å². The zero-order valence-electron chi connectivity index (χ0n) is 9.56. The number of rotatable bonds is 2. The molecule has 0 aliphatic rings. The average Bonchev–Trinajstić information content (AvgIpc) is 2.30. The van der Waals surface area contributed by atoms with Crippen molar-refractivity contribution in [1.82, 2.24) is 0 Å². The van der Waals surface area contributed by atoms with E-state index in [0.717, 1.165) is 12.1 Å². The zero-order chi connectivity index (χ0) is 12.8. The first-order valence-corrected chi connectivity index (χ1v) is 5.15. The molecule has 1 aromatic carbocycles. The highest BCUT2D eigenvalue weighted by molar-refractivity contribution is 5.95. The summed E-state index contributed by atoms with van der Waals surface area (Å²) in [5.74, 6) is -0.154. The number of Topliss-reactive ketones (excluding diaryl/α,β-unsaturated/α-hetero) is 1. The molecule has 0 aliphatic heterocycles. The quantitative estimate of drug-likeness (QED) is 0.694. The first-order chi connectivity index (χ1) is 7.45. The Morgan fingerprint density at radius 1 is 1.12 bits per heavy atom. The maximum Gasteiger partial charge on any atom is 0.416 e. The molecule has 0 fully saturated rings. The van der Waals surface area contributed by atoms with Crippen molar-refractivity contribution < 1.29 is 18.0 Å². The molecule has 0 bridgehead atoms. The van der Waals surface area contributed by atoms with Gasteiger partial charge >= 0.3 is 6.18 Å². The second-order valence-electron chi connectivity index (χ2n) is 2.85. The van der Waals surface area contributed by atoms with Gasteiger partial charge in [-0.3, -0.25) is 4.79 Å². The third-order valence-corrected chi connectivity index (χ3v) is 1.86. The van der Waals surface area contributed by atoms with Crippen LogP contribution in [0.4, 0.5) is 13.2 Å². The molecule has 1 nitrogen and oxygen atoms in total. The summed E-state index contributed by atoms with van der Waals surface area (Å²) in [6.07, 6.45) is -4.04. The second kappa shape index (κ2) is 6.30. The molecular weight excluding hydrogens is 217 g/mol. The minimum Gasteiger partial charge on any atom is -0.294 e. The van der Waals surface area contributed by atoms with E-state index >= 15 is 0 Å². The Morgan fingerprint density at radius 2 is 1.56 bits per heavy atom. The zero-order valence-corrected chi connectivity index (χ0v) is 9.56. The molecule has 0 N–H and O–H groups in total. The molecule has 0 unspecified atom stereocenters. The van der Waals surface area contributed by atoms with Crippen LogP contribution in [0.1, 0.15) is 43.1 Å². The average molecular weight is 232 g/mol. The SMILES string of the molecule is CC.CCC(=O)c1ccc(C(F)(F)F)cc1. The Bertz CT molecular complexity index is 325. The summed E-state index contributed by atoms with van der Waals surface area (Å²) < 4.78 is 36.4. The van der Waals surface area contributed by atoms with Crippen LogP contribution in [-0.4, -0.2) is 5.78 Å². The van der Waals surface area contributed by atoms with Crippen LogP contribution in [0, 0.1) is 0 Å². The standard InChI is InChI=1S/C10H9F3O.C2H6/c1-2-9(14)7-3-5-8(6-4-7)10(11,12)13;1-2/h3-6H,2H2,1H3;1-2H3. The molecule has 4 heteroatoms. The van der Waals surface area contributed by atoms with Gasteiger partial charge in [-0.15, -0.1) is 0 Å². The summed E-state index contributed by atoms with van der Waals surface area (Å²) in [5.41, 5.74) is -0.411. The molecule has 0 radical (unpaired) electrons.